The van der Waals surface area contributed by atoms with Crippen molar-refractivity contribution in [2.45, 2.75) is 6.42 Å². The summed E-state index contributed by atoms with van der Waals surface area (Å²) in [5, 5.41) is 15.0. The van der Waals surface area contributed by atoms with Gasteiger partial charge in [-0.05, 0) is 18.2 Å². The molecule has 25 heavy (non-hydrogen) atoms. The number of hydrogen-bond donors (Lipinski definition) is 1. The number of pyridine rings is 1. The Kier molecular flexibility index (Phi) is 4.56. The first-order valence-electron chi connectivity index (χ1n) is 7.54. The van der Waals surface area contributed by atoms with Crippen LogP contribution in [0.25, 0.3) is 10.9 Å². The number of fused-ring (bicyclic) bond motifs is 1. The molecule has 7 nitrogen and oxygen atoms in total. The third-order valence-electron chi connectivity index (χ3n) is 3.66. The van der Waals surface area contributed by atoms with Crippen LogP contribution >= 0.6 is 0 Å². The zero-order valence-electron chi connectivity index (χ0n) is 13.4. The summed E-state index contributed by atoms with van der Waals surface area (Å²) in [5.41, 5.74) is 2.56. The lowest BCUT2D eigenvalue weighted by molar-refractivity contribution is -0.384. The highest BCUT2D eigenvalue weighted by Gasteiger charge is 2.11. The van der Waals surface area contributed by atoms with Gasteiger partial charge in [0.25, 0.3) is 5.69 Å². The lowest BCUT2D eigenvalue weighted by Gasteiger charge is -2.12. The number of nitro groups is 1. The predicted molar refractivity (Wildman–Crippen MR) is 93.8 cm³/mol. The maximum atomic E-state index is 11.5. The van der Waals surface area contributed by atoms with Crippen LogP contribution in [-0.4, -0.2) is 23.0 Å². The molecule has 0 atom stereocenters. The van der Waals surface area contributed by atoms with Gasteiger partial charge in [0.1, 0.15) is 0 Å². The molecule has 0 radical (unpaired) electrons. The van der Waals surface area contributed by atoms with Gasteiger partial charge in [0.05, 0.1) is 29.7 Å². The summed E-state index contributed by atoms with van der Waals surface area (Å²) < 4.78 is 4.69. The van der Waals surface area contributed by atoms with E-state index < -0.39 is 4.92 Å². The summed E-state index contributed by atoms with van der Waals surface area (Å²) in [6.07, 6.45) is 0.0466. The summed E-state index contributed by atoms with van der Waals surface area (Å²) in [5.74, 6) is -0.385. The molecule has 0 aliphatic rings. The number of methoxy groups -OCH3 is 1. The van der Waals surface area contributed by atoms with Gasteiger partial charge < -0.3 is 10.1 Å². The molecule has 1 heterocycles. The van der Waals surface area contributed by atoms with Gasteiger partial charge in [0.15, 0.2) is 0 Å². The van der Waals surface area contributed by atoms with Crippen LogP contribution < -0.4 is 5.32 Å². The summed E-state index contributed by atoms with van der Waals surface area (Å²) in [6, 6.07) is 15.4. The highest BCUT2D eigenvalue weighted by Crippen LogP contribution is 2.28. The van der Waals surface area contributed by atoms with Crippen molar-refractivity contribution in [1.82, 2.24) is 4.98 Å². The number of benzene rings is 2. The van der Waals surface area contributed by atoms with E-state index in [1.165, 1.54) is 19.2 Å². The number of nitro benzene ring substituents is 1. The molecule has 0 spiro atoms. The minimum atomic E-state index is -0.446. The molecular formula is C18H15N3O4. The molecule has 3 rings (SSSR count). The molecule has 0 fully saturated rings. The van der Waals surface area contributed by atoms with E-state index in [-0.39, 0.29) is 18.1 Å². The number of carbonyl (C=O) groups is 1. The lowest BCUT2D eigenvalue weighted by Crippen LogP contribution is -2.07. The van der Waals surface area contributed by atoms with Crippen molar-refractivity contribution in [2.75, 3.05) is 12.4 Å². The average Bonchev–Trinajstić information content (AvgIpc) is 2.62. The van der Waals surface area contributed by atoms with Gasteiger partial charge in [-0.2, -0.15) is 0 Å². The Morgan fingerprint density at radius 3 is 2.76 bits per heavy atom. The minimum Gasteiger partial charge on any atom is -0.469 e. The molecule has 126 valence electrons. The van der Waals surface area contributed by atoms with Crippen LogP contribution in [0.3, 0.4) is 0 Å². The number of nitrogens with one attached hydrogen (secondary N) is 1. The average molecular weight is 337 g/mol. The number of anilines is 2. The molecule has 0 unspecified atom stereocenters. The van der Waals surface area contributed by atoms with E-state index >= 15 is 0 Å². The maximum Gasteiger partial charge on any atom is 0.311 e. The third kappa shape index (κ3) is 3.72. The zero-order chi connectivity index (χ0) is 17.8. The first-order chi connectivity index (χ1) is 12.1. The van der Waals surface area contributed by atoms with E-state index in [1.807, 2.05) is 24.3 Å². The molecule has 2 aromatic carbocycles. The summed E-state index contributed by atoms with van der Waals surface area (Å²) in [6.45, 7) is 0. The first kappa shape index (κ1) is 16.4. The fourth-order valence-electron chi connectivity index (χ4n) is 2.50. The second-order valence-electron chi connectivity index (χ2n) is 5.36. The first-order valence-corrected chi connectivity index (χ1v) is 7.54. The number of hydrogen-bond acceptors (Lipinski definition) is 6. The predicted octanol–water partition coefficient (Wildman–Crippen LogP) is 3.60. The van der Waals surface area contributed by atoms with Crippen molar-refractivity contribution in [3.63, 3.8) is 0 Å². The molecule has 7 heteroatoms. The van der Waals surface area contributed by atoms with Crippen LogP contribution in [0.1, 0.15) is 5.69 Å². The van der Waals surface area contributed by atoms with E-state index in [0.717, 1.165) is 10.9 Å². The third-order valence-corrected chi connectivity index (χ3v) is 3.66. The minimum absolute atomic E-state index is 0.00172. The Morgan fingerprint density at radius 1 is 1.20 bits per heavy atom. The fraction of sp³-hybridized carbons (Fsp3) is 0.111. The molecule has 3 aromatic rings. The Hall–Kier alpha value is -3.48. The van der Waals surface area contributed by atoms with Crippen LogP contribution in [0, 0.1) is 10.1 Å². The monoisotopic (exact) mass is 337 g/mol. The van der Waals surface area contributed by atoms with E-state index in [4.69, 9.17) is 4.74 Å². The second kappa shape index (κ2) is 6.96. The fourth-order valence-corrected chi connectivity index (χ4v) is 2.50. The standard InChI is InChI=1S/C18H15N3O4/c1-25-18(22)11-13-10-17(15-7-2-3-8-16(15)20-13)19-12-5-4-6-14(9-12)21(23)24/h2-10H,11H2,1H3,(H,19,20). The van der Waals surface area contributed by atoms with Gasteiger partial charge in [0, 0.05) is 28.9 Å². The lowest BCUT2D eigenvalue weighted by atomic mass is 10.1. The number of ether oxygens (including phenoxy) is 1. The molecular weight excluding hydrogens is 322 g/mol. The number of non-ortho nitro benzene ring substituents is 1. The maximum absolute atomic E-state index is 11.5. The van der Waals surface area contributed by atoms with Crippen molar-refractivity contribution < 1.29 is 14.5 Å². The van der Waals surface area contributed by atoms with Crippen molar-refractivity contribution >= 4 is 33.9 Å². The van der Waals surface area contributed by atoms with Crippen molar-refractivity contribution in [3.05, 3.63) is 70.4 Å². The van der Waals surface area contributed by atoms with Gasteiger partial charge >= 0.3 is 5.97 Å². The number of nitrogens with zero attached hydrogens (tertiary/aromatic N) is 2. The SMILES string of the molecule is COC(=O)Cc1cc(Nc2cccc([N+](=O)[O-])c2)c2ccccc2n1. The van der Waals surface area contributed by atoms with E-state index in [0.29, 0.717) is 17.1 Å². The molecule has 0 saturated heterocycles. The highest BCUT2D eigenvalue weighted by atomic mass is 16.6. The normalized spacial score (nSPS) is 10.4. The summed E-state index contributed by atoms with van der Waals surface area (Å²) in [7, 11) is 1.33. The number of carbonyl (C=O) groups excluding carboxylic acids is 1. The smallest absolute Gasteiger partial charge is 0.311 e. The summed E-state index contributed by atoms with van der Waals surface area (Å²) in [4.78, 5) is 26.5. The van der Waals surface area contributed by atoms with Crippen LogP contribution in [0.2, 0.25) is 0 Å². The van der Waals surface area contributed by atoms with Crippen LogP contribution in [0.4, 0.5) is 17.1 Å². The van der Waals surface area contributed by atoms with Gasteiger partial charge in [0.2, 0.25) is 0 Å². The Morgan fingerprint density at radius 2 is 2.00 bits per heavy atom. The molecule has 0 saturated carbocycles. The van der Waals surface area contributed by atoms with Crippen LogP contribution in [-0.2, 0) is 16.0 Å². The molecule has 0 amide bonds. The van der Waals surface area contributed by atoms with Gasteiger partial charge in [-0.3, -0.25) is 19.9 Å². The number of rotatable bonds is 5. The van der Waals surface area contributed by atoms with Crippen molar-refractivity contribution in [2.24, 2.45) is 0 Å². The van der Waals surface area contributed by atoms with E-state index in [9.17, 15) is 14.9 Å². The van der Waals surface area contributed by atoms with E-state index in [1.54, 1.807) is 18.2 Å². The Labute approximate surface area is 143 Å². The zero-order valence-corrected chi connectivity index (χ0v) is 13.4. The Balaban J connectivity index is 2.03. The largest absolute Gasteiger partial charge is 0.469 e. The molecule has 0 aliphatic heterocycles. The summed E-state index contributed by atoms with van der Waals surface area (Å²) >= 11 is 0. The molecule has 0 bridgehead atoms. The molecule has 1 N–H and O–H groups in total. The number of para-hydroxylation sites is 1. The van der Waals surface area contributed by atoms with Gasteiger partial charge in [-0.1, -0.05) is 24.3 Å². The van der Waals surface area contributed by atoms with Gasteiger partial charge in [-0.15, -0.1) is 0 Å². The Bertz CT molecular complexity index is 956. The van der Waals surface area contributed by atoms with Crippen molar-refractivity contribution in [1.29, 1.82) is 0 Å². The second-order valence-corrected chi connectivity index (χ2v) is 5.36. The highest BCUT2D eigenvalue weighted by molar-refractivity contribution is 5.93. The van der Waals surface area contributed by atoms with Crippen LogP contribution in [0.15, 0.2) is 54.6 Å². The number of aromatic nitrogens is 1. The topological polar surface area (TPSA) is 94.4 Å². The van der Waals surface area contributed by atoms with Gasteiger partial charge in [-0.25, -0.2) is 0 Å². The van der Waals surface area contributed by atoms with Crippen molar-refractivity contribution in [3.8, 4) is 0 Å². The molecule has 1 aromatic heterocycles. The van der Waals surface area contributed by atoms with Crippen LogP contribution in [0.5, 0.6) is 0 Å². The number of esters is 1. The quantitative estimate of drug-likeness (QED) is 0.434. The van der Waals surface area contributed by atoms with E-state index in [2.05, 4.69) is 10.3 Å². The molecule has 0 aliphatic carbocycles.